The molecule has 0 bridgehead atoms. The molecule has 5 nitrogen and oxygen atoms in total. The van der Waals surface area contributed by atoms with Gasteiger partial charge in [0.15, 0.2) is 11.9 Å². The monoisotopic (exact) mass is 311 g/mol. The molecule has 0 aliphatic heterocycles. The maximum Gasteiger partial charge on any atom is 0.195 e. The molecular formula is C17H37N5. The smallest absolute Gasteiger partial charge is 0.195 e. The number of unbranched alkanes of at least 4 members (excludes halogenated alkanes) is 4. The zero-order chi connectivity index (χ0) is 17.2. The van der Waals surface area contributed by atoms with E-state index in [-0.39, 0.29) is 11.0 Å². The Morgan fingerprint density at radius 1 is 0.909 bits per heavy atom. The quantitative estimate of drug-likeness (QED) is 0.365. The van der Waals surface area contributed by atoms with Crippen molar-refractivity contribution in [2.45, 2.75) is 85.6 Å². The van der Waals surface area contributed by atoms with Crippen LogP contribution in [0.4, 0.5) is 0 Å². The SMILES string of the molecule is CCCCCCCN=C(N)NC(N)=NC(C)(C)CC(C)(C)C. The summed E-state index contributed by atoms with van der Waals surface area (Å²) in [5.74, 6) is 0.685. The van der Waals surface area contributed by atoms with Crippen molar-refractivity contribution in [3.05, 3.63) is 0 Å². The standard InChI is InChI=1S/C17H37N5/c1-7-8-9-10-11-12-20-14(18)21-15(19)22-17(5,6)13-16(2,3)4/h7-13H2,1-6H3,(H5,18,19,20,21,22). The second-order valence-corrected chi connectivity index (χ2v) is 7.85. The molecule has 0 unspecified atom stereocenters. The Hall–Kier alpha value is -1.26. The van der Waals surface area contributed by atoms with E-state index in [2.05, 4.69) is 56.8 Å². The number of nitrogens with two attached hydrogens (primary N) is 2. The molecule has 0 aromatic rings. The van der Waals surface area contributed by atoms with E-state index in [0.29, 0.717) is 11.9 Å². The molecule has 5 N–H and O–H groups in total. The molecule has 0 aliphatic rings. The van der Waals surface area contributed by atoms with E-state index < -0.39 is 0 Å². The van der Waals surface area contributed by atoms with Crippen LogP contribution in [-0.4, -0.2) is 24.0 Å². The summed E-state index contributed by atoms with van der Waals surface area (Å²) >= 11 is 0. The van der Waals surface area contributed by atoms with Crippen LogP contribution in [0, 0.1) is 5.41 Å². The van der Waals surface area contributed by atoms with Crippen LogP contribution in [0.3, 0.4) is 0 Å². The molecule has 0 radical (unpaired) electrons. The van der Waals surface area contributed by atoms with Gasteiger partial charge in [-0.1, -0.05) is 53.4 Å². The second kappa shape index (κ2) is 9.70. The van der Waals surface area contributed by atoms with E-state index in [0.717, 1.165) is 19.4 Å². The van der Waals surface area contributed by atoms with Gasteiger partial charge in [0.1, 0.15) is 0 Å². The van der Waals surface area contributed by atoms with Gasteiger partial charge in [0, 0.05) is 6.54 Å². The molecule has 0 saturated heterocycles. The Morgan fingerprint density at radius 2 is 1.50 bits per heavy atom. The number of rotatable bonds is 8. The predicted molar refractivity (Wildman–Crippen MR) is 98.2 cm³/mol. The average Bonchev–Trinajstić information content (AvgIpc) is 2.29. The van der Waals surface area contributed by atoms with E-state index in [1.807, 2.05) is 0 Å². The van der Waals surface area contributed by atoms with Crippen LogP contribution < -0.4 is 16.8 Å². The summed E-state index contributed by atoms with van der Waals surface area (Å²) < 4.78 is 0. The molecule has 130 valence electrons. The Labute approximate surface area is 137 Å². The summed E-state index contributed by atoms with van der Waals surface area (Å²) in [7, 11) is 0. The number of nitrogens with zero attached hydrogens (tertiary/aromatic N) is 2. The number of hydrogen-bond donors (Lipinski definition) is 3. The van der Waals surface area contributed by atoms with Gasteiger partial charge in [0.25, 0.3) is 0 Å². The minimum absolute atomic E-state index is 0.200. The van der Waals surface area contributed by atoms with Gasteiger partial charge in [-0.25, -0.2) is 4.99 Å². The minimum Gasteiger partial charge on any atom is -0.370 e. The van der Waals surface area contributed by atoms with Gasteiger partial charge in [0.2, 0.25) is 0 Å². The maximum atomic E-state index is 5.93. The fraction of sp³-hybridized carbons (Fsp3) is 0.882. The summed E-state index contributed by atoms with van der Waals surface area (Å²) in [6.07, 6.45) is 7.02. The van der Waals surface area contributed by atoms with Crippen molar-refractivity contribution in [3.8, 4) is 0 Å². The Morgan fingerprint density at radius 3 is 2.05 bits per heavy atom. The minimum atomic E-state index is -0.226. The number of guanidine groups is 2. The average molecular weight is 312 g/mol. The van der Waals surface area contributed by atoms with Gasteiger partial charge in [-0.15, -0.1) is 0 Å². The zero-order valence-electron chi connectivity index (χ0n) is 15.5. The van der Waals surface area contributed by atoms with Crippen LogP contribution in [0.1, 0.15) is 80.1 Å². The third-order valence-electron chi connectivity index (χ3n) is 3.19. The van der Waals surface area contributed by atoms with Gasteiger partial charge in [-0.05, 0) is 32.1 Å². The van der Waals surface area contributed by atoms with Crippen molar-refractivity contribution in [1.82, 2.24) is 5.32 Å². The van der Waals surface area contributed by atoms with E-state index in [9.17, 15) is 0 Å². The van der Waals surface area contributed by atoms with Crippen LogP contribution in [-0.2, 0) is 0 Å². The predicted octanol–water partition coefficient (Wildman–Crippen LogP) is 3.39. The van der Waals surface area contributed by atoms with Gasteiger partial charge in [0.05, 0.1) is 5.54 Å². The Kier molecular flexibility index (Phi) is 9.14. The molecule has 0 aromatic carbocycles. The lowest BCUT2D eigenvalue weighted by Crippen LogP contribution is -2.43. The molecule has 22 heavy (non-hydrogen) atoms. The zero-order valence-corrected chi connectivity index (χ0v) is 15.5. The molecule has 0 heterocycles. The molecular weight excluding hydrogens is 274 g/mol. The second-order valence-electron chi connectivity index (χ2n) is 7.85. The molecule has 0 rings (SSSR count). The van der Waals surface area contributed by atoms with Crippen molar-refractivity contribution in [2.24, 2.45) is 26.9 Å². The number of aliphatic imine (C=N–C) groups is 2. The lowest BCUT2D eigenvalue weighted by molar-refractivity contribution is 0.288. The van der Waals surface area contributed by atoms with Crippen molar-refractivity contribution in [3.63, 3.8) is 0 Å². The first-order chi connectivity index (χ1) is 10.1. The fourth-order valence-corrected chi connectivity index (χ4v) is 2.78. The van der Waals surface area contributed by atoms with Crippen molar-refractivity contribution in [2.75, 3.05) is 6.54 Å². The van der Waals surface area contributed by atoms with E-state index in [1.54, 1.807) is 0 Å². The maximum absolute atomic E-state index is 5.93. The molecule has 5 heteroatoms. The highest BCUT2D eigenvalue weighted by atomic mass is 15.2. The highest BCUT2D eigenvalue weighted by molar-refractivity contribution is 5.97. The first-order valence-electron chi connectivity index (χ1n) is 8.48. The van der Waals surface area contributed by atoms with Gasteiger partial charge >= 0.3 is 0 Å². The molecule has 0 spiro atoms. The van der Waals surface area contributed by atoms with E-state index >= 15 is 0 Å². The van der Waals surface area contributed by atoms with Crippen molar-refractivity contribution >= 4 is 11.9 Å². The first-order valence-corrected chi connectivity index (χ1v) is 8.48. The van der Waals surface area contributed by atoms with Gasteiger partial charge < -0.3 is 11.5 Å². The Bertz CT molecular complexity index is 364. The van der Waals surface area contributed by atoms with Crippen LogP contribution in [0.5, 0.6) is 0 Å². The first kappa shape index (κ1) is 20.7. The van der Waals surface area contributed by atoms with Crippen molar-refractivity contribution in [1.29, 1.82) is 0 Å². The van der Waals surface area contributed by atoms with Crippen LogP contribution in [0.15, 0.2) is 9.98 Å². The number of nitrogens with one attached hydrogen (secondary N) is 1. The van der Waals surface area contributed by atoms with E-state index in [4.69, 9.17) is 11.5 Å². The lowest BCUT2D eigenvalue weighted by atomic mass is 9.82. The molecule has 0 saturated carbocycles. The summed E-state index contributed by atoms with van der Waals surface area (Å²) in [6, 6.07) is 0. The van der Waals surface area contributed by atoms with Crippen LogP contribution in [0.2, 0.25) is 0 Å². The highest BCUT2D eigenvalue weighted by Crippen LogP contribution is 2.29. The lowest BCUT2D eigenvalue weighted by Gasteiger charge is -2.29. The summed E-state index contributed by atoms with van der Waals surface area (Å²) in [5.41, 5.74) is 11.7. The van der Waals surface area contributed by atoms with Crippen molar-refractivity contribution < 1.29 is 0 Å². The summed E-state index contributed by atoms with van der Waals surface area (Å²) in [6.45, 7) is 13.7. The van der Waals surface area contributed by atoms with Crippen LogP contribution in [0.25, 0.3) is 0 Å². The largest absolute Gasteiger partial charge is 0.370 e. The Balaban J connectivity index is 4.27. The summed E-state index contributed by atoms with van der Waals surface area (Å²) in [5, 5.41) is 2.88. The normalized spacial score (nSPS) is 14.3. The topological polar surface area (TPSA) is 88.8 Å². The summed E-state index contributed by atoms with van der Waals surface area (Å²) in [4.78, 5) is 8.81. The van der Waals surface area contributed by atoms with Crippen LogP contribution >= 0.6 is 0 Å². The third-order valence-corrected chi connectivity index (χ3v) is 3.19. The molecule has 0 aromatic heterocycles. The number of hydrogen-bond acceptors (Lipinski definition) is 2. The fourth-order valence-electron chi connectivity index (χ4n) is 2.78. The molecule has 0 amide bonds. The molecule has 0 fully saturated rings. The van der Waals surface area contributed by atoms with E-state index in [1.165, 1.54) is 25.7 Å². The molecule has 0 atom stereocenters. The molecule has 0 aliphatic carbocycles. The third kappa shape index (κ3) is 12.5. The van der Waals surface area contributed by atoms with Gasteiger partial charge in [-0.2, -0.15) is 0 Å². The van der Waals surface area contributed by atoms with Gasteiger partial charge in [-0.3, -0.25) is 10.3 Å². The highest BCUT2D eigenvalue weighted by Gasteiger charge is 2.25.